The minimum Gasteiger partial charge on any atom is -0.369 e. The van der Waals surface area contributed by atoms with Crippen LogP contribution in [0.25, 0.3) is 11.4 Å². The van der Waals surface area contributed by atoms with Crippen molar-refractivity contribution in [3.05, 3.63) is 71.8 Å². The Balaban J connectivity index is 2.74. The summed E-state index contributed by atoms with van der Waals surface area (Å²) in [5.74, 6) is 0. The van der Waals surface area contributed by atoms with Crippen molar-refractivity contribution in [2.45, 2.75) is 79.1 Å². The summed E-state index contributed by atoms with van der Waals surface area (Å²) in [6, 6.07) is 22.3. The average molecular weight is 435 g/mol. The molecule has 2 aromatic carbocycles. The van der Waals surface area contributed by atoms with Crippen LogP contribution in [-0.4, -0.2) is 36.0 Å². The van der Waals surface area contributed by atoms with Crippen LogP contribution in [0.3, 0.4) is 0 Å². The lowest BCUT2D eigenvalue weighted by Crippen LogP contribution is -2.32. The molecule has 2 aromatic rings. The van der Waals surface area contributed by atoms with Gasteiger partial charge in [-0.05, 0) is 36.8 Å². The van der Waals surface area contributed by atoms with Gasteiger partial charge in [-0.3, -0.25) is 0 Å². The van der Waals surface area contributed by atoms with E-state index in [1.165, 1.54) is 73.9 Å². The summed E-state index contributed by atoms with van der Waals surface area (Å²) in [4.78, 5) is 5.38. The van der Waals surface area contributed by atoms with E-state index in [4.69, 9.17) is 0 Å². The molecular weight excluding hydrogens is 388 g/mol. The van der Waals surface area contributed by atoms with E-state index in [2.05, 4.69) is 98.2 Å². The first-order valence-corrected chi connectivity index (χ1v) is 13.1. The Morgan fingerprint density at radius 2 is 0.750 bits per heavy atom. The molecule has 0 aliphatic heterocycles. The van der Waals surface area contributed by atoms with Crippen LogP contribution in [0.15, 0.2) is 60.7 Å². The Morgan fingerprint density at radius 1 is 0.469 bits per heavy atom. The van der Waals surface area contributed by atoms with Crippen LogP contribution in [0.5, 0.6) is 0 Å². The van der Waals surface area contributed by atoms with Gasteiger partial charge in [-0.15, -0.1) is 0 Å². The molecule has 0 saturated carbocycles. The zero-order valence-corrected chi connectivity index (χ0v) is 21.2. The van der Waals surface area contributed by atoms with Crippen molar-refractivity contribution in [1.29, 1.82) is 0 Å². The van der Waals surface area contributed by atoms with Gasteiger partial charge in [0.05, 0.1) is 11.4 Å². The van der Waals surface area contributed by atoms with Gasteiger partial charge in [0.15, 0.2) is 0 Å². The van der Waals surface area contributed by atoms with Crippen LogP contribution in [0.1, 0.15) is 90.2 Å². The molecule has 0 radical (unpaired) electrons. The lowest BCUT2D eigenvalue weighted by atomic mass is 10.0. The second-order valence-corrected chi connectivity index (χ2v) is 8.82. The van der Waals surface area contributed by atoms with Crippen molar-refractivity contribution in [3.63, 3.8) is 0 Å². The number of benzene rings is 2. The summed E-state index contributed by atoms with van der Waals surface area (Å²) in [7, 11) is 0. The lowest BCUT2D eigenvalue weighted by Gasteiger charge is -2.36. The monoisotopic (exact) mass is 434 g/mol. The largest absolute Gasteiger partial charge is 0.369 e. The van der Waals surface area contributed by atoms with Gasteiger partial charge in [0.2, 0.25) is 0 Å². The molecule has 2 rings (SSSR count). The van der Waals surface area contributed by atoms with E-state index in [9.17, 15) is 0 Å². The van der Waals surface area contributed by atoms with Gasteiger partial charge >= 0.3 is 0 Å². The van der Waals surface area contributed by atoms with Crippen LogP contribution >= 0.6 is 0 Å². The summed E-state index contributed by atoms with van der Waals surface area (Å²) in [6.07, 6.45) is 9.80. The molecule has 0 heterocycles. The maximum absolute atomic E-state index is 2.69. The van der Waals surface area contributed by atoms with Crippen molar-refractivity contribution < 1.29 is 0 Å². The number of unbranched alkanes of at least 4 members (excludes halogenated alkanes) is 4. The maximum atomic E-state index is 2.69. The minimum atomic E-state index is 1.12. The number of hydrogen-bond donors (Lipinski definition) is 0. The minimum absolute atomic E-state index is 1.12. The molecule has 0 aliphatic carbocycles. The molecule has 2 nitrogen and oxygen atoms in total. The van der Waals surface area contributed by atoms with Gasteiger partial charge in [0, 0.05) is 26.2 Å². The summed E-state index contributed by atoms with van der Waals surface area (Å²) >= 11 is 0. The van der Waals surface area contributed by atoms with Crippen LogP contribution < -0.4 is 0 Å². The Morgan fingerprint density at radius 3 is 1.00 bits per heavy atom. The van der Waals surface area contributed by atoms with Gasteiger partial charge in [-0.2, -0.15) is 0 Å². The molecule has 32 heavy (non-hydrogen) atoms. The standard InChI is InChI=1S/C30H46N2/c1-5-9-23-31(24-10-6-2)29(27-19-15-13-16-20-27)30(28-21-17-14-18-22-28)32(25-11-7-3)26-12-8-4/h13-22H,5-12,23-26H2,1-4H3. The van der Waals surface area contributed by atoms with Crippen LogP contribution in [0.4, 0.5) is 0 Å². The van der Waals surface area contributed by atoms with Crippen LogP contribution in [0, 0.1) is 0 Å². The Labute approximate surface area is 198 Å². The van der Waals surface area contributed by atoms with Crippen molar-refractivity contribution in [2.75, 3.05) is 26.2 Å². The highest BCUT2D eigenvalue weighted by atomic mass is 15.2. The van der Waals surface area contributed by atoms with E-state index in [1.54, 1.807) is 0 Å². The van der Waals surface area contributed by atoms with Crippen molar-refractivity contribution in [2.24, 2.45) is 0 Å². The lowest BCUT2D eigenvalue weighted by molar-refractivity contribution is 0.354. The second-order valence-electron chi connectivity index (χ2n) is 8.82. The maximum Gasteiger partial charge on any atom is 0.0683 e. The van der Waals surface area contributed by atoms with Gasteiger partial charge in [-0.1, -0.05) is 114 Å². The quantitative estimate of drug-likeness (QED) is 0.245. The van der Waals surface area contributed by atoms with Gasteiger partial charge in [0.1, 0.15) is 0 Å². The molecule has 0 N–H and O–H groups in total. The number of rotatable bonds is 16. The third-order valence-electron chi connectivity index (χ3n) is 6.08. The van der Waals surface area contributed by atoms with Crippen molar-refractivity contribution >= 4 is 11.4 Å². The zero-order chi connectivity index (χ0) is 23.0. The summed E-state index contributed by atoms with van der Waals surface area (Å²) in [5.41, 5.74) is 5.53. The molecular formula is C30H46N2. The highest BCUT2D eigenvalue weighted by Crippen LogP contribution is 2.33. The summed E-state index contributed by atoms with van der Waals surface area (Å²) < 4.78 is 0. The predicted molar refractivity (Wildman–Crippen MR) is 142 cm³/mol. The second kappa shape index (κ2) is 15.6. The Bertz CT molecular complexity index is 669. The first-order chi connectivity index (χ1) is 15.8. The van der Waals surface area contributed by atoms with E-state index in [0.29, 0.717) is 0 Å². The van der Waals surface area contributed by atoms with E-state index in [-0.39, 0.29) is 0 Å². The van der Waals surface area contributed by atoms with Crippen LogP contribution in [-0.2, 0) is 0 Å². The third kappa shape index (κ3) is 8.04. The molecule has 0 aromatic heterocycles. The third-order valence-corrected chi connectivity index (χ3v) is 6.08. The highest BCUT2D eigenvalue weighted by molar-refractivity contribution is 5.89. The molecule has 0 atom stereocenters. The first-order valence-electron chi connectivity index (χ1n) is 13.1. The molecule has 0 aliphatic rings. The molecule has 0 unspecified atom stereocenters. The number of hydrogen-bond acceptors (Lipinski definition) is 2. The Hall–Kier alpha value is -2.22. The molecule has 0 fully saturated rings. The molecule has 0 amide bonds. The smallest absolute Gasteiger partial charge is 0.0683 e. The number of nitrogens with zero attached hydrogens (tertiary/aromatic N) is 2. The van der Waals surface area contributed by atoms with Gasteiger partial charge in [0.25, 0.3) is 0 Å². The van der Waals surface area contributed by atoms with E-state index >= 15 is 0 Å². The molecule has 0 spiro atoms. The first kappa shape index (κ1) is 26.0. The summed E-state index contributed by atoms with van der Waals surface area (Å²) in [5, 5.41) is 0. The van der Waals surface area contributed by atoms with E-state index < -0.39 is 0 Å². The van der Waals surface area contributed by atoms with Crippen molar-refractivity contribution in [1.82, 2.24) is 9.80 Å². The molecule has 0 bridgehead atoms. The average Bonchev–Trinajstić information content (AvgIpc) is 2.85. The molecule has 0 saturated heterocycles. The zero-order valence-electron chi connectivity index (χ0n) is 21.2. The normalized spacial score (nSPS) is 11.9. The fraction of sp³-hybridized carbons (Fsp3) is 0.533. The summed E-state index contributed by atoms with van der Waals surface area (Å²) in [6.45, 7) is 13.7. The van der Waals surface area contributed by atoms with Gasteiger partial charge < -0.3 is 9.80 Å². The van der Waals surface area contributed by atoms with Crippen molar-refractivity contribution in [3.8, 4) is 0 Å². The topological polar surface area (TPSA) is 6.48 Å². The van der Waals surface area contributed by atoms with E-state index in [0.717, 1.165) is 26.2 Å². The Kier molecular flexibility index (Phi) is 12.7. The predicted octanol–water partition coefficient (Wildman–Crippen LogP) is 8.32. The molecule has 2 heteroatoms. The highest BCUT2D eigenvalue weighted by Gasteiger charge is 2.22. The van der Waals surface area contributed by atoms with Crippen LogP contribution in [0.2, 0.25) is 0 Å². The van der Waals surface area contributed by atoms with E-state index in [1.807, 2.05) is 0 Å². The SMILES string of the molecule is CCCCN(CCCC)C(=C(c1ccccc1)N(CCCC)CCCC)c1ccccc1. The fourth-order valence-corrected chi connectivity index (χ4v) is 4.20. The van der Waals surface area contributed by atoms with Gasteiger partial charge in [-0.25, -0.2) is 0 Å². The molecule has 176 valence electrons. The fourth-order valence-electron chi connectivity index (χ4n) is 4.20.